The minimum absolute atomic E-state index is 0.0191. The van der Waals surface area contributed by atoms with Crippen LogP contribution in [0.25, 0.3) is 0 Å². The maximum atomic E-state index is 11.8. The summed E-state index contributed by atoms with van der Waals surface area (Å²) in [5.41, 5.74) is 0.275. The number of imide groups is 1. The van der Waals surface area contributed by atoms with E-state index in [1.807, 2.05) is 0 Å². The van der Waals surface area contributed by atoms with Crippen molar-refractivity contribution in [3.05, 3.63) is 38.9 Å². The van der Waals surface area contributed by atoms with Crippen molar-refractivity contribution in [3.8, 4) is 0 Å². The number of carbonyl (C=O) groups excluding carboxylic acids is 2. The number of nitro benzene ring substituents is 1. The van der Waals surface area contributed by atoms with Crippen LogP contribution in [-0.4, -0.2) is 21.6 Å². The van der Waals surface area contributed by atoms with Gasteiger partial charge < -0.3 is 0 Å². The molecule has 20 heavy (non-hydrogen) atoms. The maximum absolute atomic E-state index is 11.8. The fraction of sp³-hybridized carbons (Fsp3) is 0.333. The Bertz CT molecular complexity index is 605. The molecule has 1 aromatic rings. The van der Waals surface area contributed by atoms with Gasteiger partial charge in [0.05, 0.1) is 4.92 Å². The van der Waals surface area contributed by atoms with Gasteiger partial charge in [0.2, 0.25) is 11.8 Å². The molecular formula is C12H10Cl2N2O4. The predicted octanol–water partition coefficient (Wildman–Crippen LogP) is 2.20. The number of rotatable bonds is 3. The molecule has 2 rings (SSSR count). The summed E-state index contributed by atoms with van der Waals surface area (Å²) in [6, 6.07) is 4.25. The highest BCUT2D eigenvalue weighted by atomic mass is 35.5. The molecule has 1 aliphatic rings. The van der Waals surface area contributed by atoms with Crippen molar-refractivity contribution >= 4 is 40.7 Å². The molecule has 1 atom stereocenters. The molecule has 1 N–H and O–H groups in total. The zero-order valence-corrected chi connectivity index (χ0v) is 11.7. The lowest BCUT2D eigenvalue weighted by atomic mass is 9.90. The normalized spacial score (nSPS) is 22.5. The molecule has 1 fully saturated rings. The molecule has 0 radical (unpaired) electrons. The maximum Gasteiger partial charge on any atom is 0.288 e. The lowest BCUT2D eigenvalue weighted by Gasteiger charge is -2.29. The Balaban J connectivity index is 2.25. The summed E-state index contributed by atoms with van der Waals surface area (Å²) < 4.78 is 0. The molecule has 1 aromatic carbocycles. The van der Waals surface area contributed by atoms with E-state index in [1.165, 1.54) is 12.1 Å². The molecule has 6 nitrogen and oxygen atoms in total. The Hall–Kier alpha value is -1.66. The number of nitrogens with zero attached hydrogens (tertiary/aromatic N) is 1. The Kier molecular flexibility index (Phi) is 3.96. The van der Waals surface area contributed by atoms with Crippen LogP contribution in [0.5, 0.6) is 0 Å². The van der Waals surface area contributed by atoms with Gasteiger partial charge >= 0.3 is 0 Å². The zero-order valence-electron chi connectivity index (χ0n) is 10.2. The van der Waals surface area contributed by atoms with Gasteiger partial charge in [-0.1, -0.05) is 17.7 Å². The van der Waals surface area contributed by atoms with E-state index in [1.54, 1.807) is 6.07 Å². The van der Waals surface area contributed by atoms with Crippen LogP contribution in [0, 0.1) is 10.1 Å². The van der Waals surface area contributed by atoms with E-state index in [0.29, 0.717) is 5.56 Å². The summed E-state index contributed by atoms with van der Waals surface area (Å²) in [5.74, 6) is -0.943. The first-order valence-corrected chi connectivity index (χ1v) is 6.53. The summed E-state index contributed by atoms with van der Waals surface area (Å²) in [4.78, 5) is 31.8. The minimum atomic E-state index is -1.27. The second kappa shape index (κ2) is 5.38. The smallest absolute Gasteiger partial charge is 0.288 e. The summed E-state index contributed by atoms with van der Waals surface area (Å²) in [7, 11) is 0. The van der Waals surface area contributed by atoms with Gasteiger partial charge in [0, 0.05) is 18.9 Å². The van der Waals surface area contributed by atoms with Gasteiger partial charge in [-0.15, -0.1) is 11.6 Å². The molecule has 0 aromatic heterocycles. The van der Waals surface area contributed by atoms with Crippen molar-refractivity contribution in [2.24, 2.45) is 0 Å². The number of amides is 2. The fourth-order valence-corrected chi connectivity index (χ4v) is 2.51. The van der Waals surface area contributed by atoms with Gasteiger partial charge in [-0.25, -0.2) is 0 Å². The number of hydrogen-bond acceptors (Lipinski definition) is 4. The predicted molar refractivity (Wildman–Crippen MR) is 72.8 cm³/mol. The summed E-state index contributed by atoms with van der Waals surface area (Å²) in [6.45, 7) is 0. The molecule has 0 aliphatic carbocycles. The quantitative estimate of drug-likeness (QED) is 0.400. The van der Waals surface area contributed by atoms with Gasteiger partial charge in [0.25, 0.3) is 5.69 Å². The molecule has 1 aliphatic heterocycles. The topological polar surface area (TPSA) is 89.3 Å². The highest BCUT2D eigenvalue weighted by molar-refractivity contribution is 6.37. The largest absolute Gasteiger partial charge is 0.295 e. The number of alkyl halides is 1. The average molecular weight is 317 g/mol. The minimum Gasteiger partial charge on any atom is -0.295 e. The van der Waals surface area contributed by atoms with E-state index in [0.717, 1.165) is 0 Å². The molecule has 1 saturated heterocycles. The number of nitro groups is 1. The molecule has 0 spiro atoms. The lowest BCUT2D eigenvalue weighted by Crippen LogP contribution is -2.51. The lowest BCUT2D eigenvalue weighted by molar-refractivity contribution is -0.384. The standard InChI is InChI=1S/C12H10Cl2N2O4/c13-8-2-1-7(5-9(8)16(19)20)6-12(14)4-3-10(17)15-11(12)18/h1-2,5H,3-4,6H2,(H,15,17,18). The van der Waals surface area contributed by atoms with Crippen molar-refractivity contribution in [1.29, 1.82) is 0 Å². The van der Waals surface area contributed by atoms with Gasteiger partial charge in [-0.2, -0.15) is 0 Å². The van der Waals surface area contributed by atoms with Gasteiger partial charge in [-0.05, 0) is 18.1 Å². The third kappa shape index (κ3) is 2.91. The number of hydrogen-bond donors (Lipinski definition) is 1. The molecule has 2 amide bonds. The monoisotopic (exact) mass is 316 g/mol. The summed E-state index contributed by atoms with van der Waals surface area (Å²) in [6.07, 6.45) is 0.423. The number of halogens is 2. The van der Waals surface area contributed by atoms with Crippen molar-refractivity contribution in [2.45, 2.75) is 24.1 Å². The van der Waals surface area contributed by atoms with Gasteiger partial charge in [0.1, 0.15) is 9.90 Å². The third-order valence-electron chi connectivity index (χ3n) is 3.10. The molecule has 1 heterocycles. The number of piperidine rings is 1. The second-order valence-corrected chi connectivity index (χ2v) is 5.69. The molecular weight excluding hydrogens is 307 g/mol. The Labute approximate surface area is 124 Å². The first kappa shape index (κ1) is 14.7. The molecule has 8 heteroatoms. The fourth-order valence-electron chi connectivity index (χ4n) is 2.03. The van der Waals surface area contributed by atoms with E-state index >= 15 is 0 Å². The van der Waals surface area contributed by atoms with Crippen LogP contribution in [0.4, 0.5) is 5.69 Å². The SMILES string of the molecule is O=C1CCC(Cl)(Cc2ccc(Cl)c([N+](=O)[O-])c2)C(=O)N1. The van der Waals surface area contributed by atoms with Crippen molar-refractivity contribution in [1.82, 2.24) is 5.32 Å². The van der Waals surface area contributed by atoms with Crippen molar-refractivity contribution in [3.63, 3.8) is 0 Å². The summed E-state index contributed by atoms with van der Waals surface area (Å²) >= 11 is 11.9. The average Bonchev–Trinajstić information content (AvgIpc) is 2.37. The molecule has 0 saturated carbocycles. The Morgan fingerprint density at radius 3 is 2.70 bits per heavy atom. The van der Waals surface area contributed by atoms with E-state index in [2.05, 4.69) is 5.32 Å². The van der Waals surface area contributed by atoms with Crippen LogP contribution in [0.2, 0.25) is 5.02 Å². The zero-order chi connectivity index (χ0) is 14.9. The van der Waals surface area contributed by atoms with Crippen LogP contribution in [0.3, 0.4) is 0 Å². The van der Waals surface area contributed by atoms with E-state index < -0.39 is 15.7 Å². The third-order valence-corrected chi connectivity index (χ3v) is 3.91. The van der Waals surface area contributed by atoms with Crippen molar-refractivity contribution in [2.75, 3.05) is 0 Å². The van der Waals surface area contributed by atoms with Crippen LogP contribution in [0.1, 0.15) is 18.4 Å². The van der Waals surface area contributed by atoms with E-state index in [4.69, 9.17) is 23.2 Å². The molecule has 106 valence electrons. The first-order chi connectivity index (χ1) is 9.32. The highest BCUT2D eigenvalue weighted by Gasteiger charge is 2.41. The Morgan fingerprint density at radius 2 is 2.10 bits per heavy atom. The van der Waals surface area contributed by atoms with Gasteiger partial charge in [-0.3, -0.25) is 25.0 Å². The van der Waals surface area contributed by atoms with Crippen LogP contribution >= 0.6 is 23.2 Å². The van der Waals surface area contributed by atoms with Gasteiger partial charge in [0.15, 0.2) is 0 Å². The summed E-state index contributed by atoms with van der Waals surface area (Å²) in [5, 5.41) is 13.0. The second-order valence-electron chi connectivity index (χ2n) is 4.56. The molecule has 1 unspecified atom stereocenters. The van der Waals surface area contributed by atoms with E-state index in [-0.39, 0.29) is 35.9 Å². The first-order valence-electron chi connectivity index (χ1n) is 5.78. The molecule has 0 bridgehead atoms. The number of benzene rings is 1. The number of nitrogens with one attached hydrogen (secondary N) is 1. The van der Waals surface area contributed by atoms with Crippen LogP contribution < -0.4 is 5.32 Å². The van der Waals surface area contributed by atoms with Crippen molar-refractivity contribution < 1.29 is 14.5 Å². The van der Waals surface area contributed by atoms with Crippen LogP contribution in [0.15, 0.2) is 18.2 Å². The Morgan fingerprint density at radius 1 is 1.40 bits per heavy atom. The van der Waals surface area contributed by atoms with Crippen LogP contribution in [-0.2, 0) is 16.0 Å². The number of carbonyl (C=O) groups is 2. The van der Waals surface area contributed by atoms with E-state index in [9.17, 15) is 19.7 Å². The highest BCUT2D eigenvalue weighted by Crippen LogP contribution is 2.32.